The van der Waals surface area contributed by atoms with Crippen LogP contribution in [-0.4, -0.2) is 17.6 Å². The van der Waals surface area contributed by atoms with Crippen LogP contribution in [0.3, 0.4) is 0 Å². The van der Waals surface area contributed by atoms with Crippen molar-refractivity contribution < 1.29 is 18.3 Å². The lowest BCUT2D eigenvalue weighted by molar-refractivity contribution is 0.0524. The Balaban J connectivity index is 3.35. The van der Waals surface area contributed by atoms with Gasteiger partial charge in [-0.3, -0.25) is 0 Å². The smallest absolute Gasteiger partial charge is 0.341 e. The highest BCUT2D eigenvalue weighted by Gasteiger charge is 2.23. The molecule has 0 aliphatic carbocycles. The predicted molar refractivity (Wildman–Crippen MR) is 58.1 cm³/mol. The molecule has 0 unspecified atom stereocenters. The summed E-state index contributed by atoms with van der Waals surface area (Å²) >= 11 is 5.70. The van der Waals surface area contributed by atoms with E-state index >= 15 is 0 Å². The van der Waals surface area contributed by atoms with Gasteiger partial charge >= 0.3 is 5.97 Å². The van der Waals surface area contributed by atoms with Crippen LogP contribution < -0.4 is 5.73 Å². The van der Waals surface area contributed by atoms with Crippen LogP contribution in [0, 0.1) is 0 Å². The van der Waals surface area contributed by atoms with Gasteiger partial charge in [-0.1, -0.05) is 11.6 Å². The zero-order valence-corrected chi connectivity index (χ0v) is 9.80. The topological polar surface area (TPSA) is 65.2 Å². The molecular formula is C10H11ClF2N2O2. The first-order valence-electron chi connectivity index (χ1n) is 4.85. The fraction of sp³-hybridized carbons (Fsp3) is 0.400. The Morgan fingerprint density at radius 3 is 2.76 bits per heavy atom. The van der Waals surface area contributed by atoms with Gasteiger partial charge in [0.2, 0.25) is 0 Å². The van der Waals surface area contributed by atoms with Crippen LogP contribution in [0.2, 0.25) is 5.15 Å². The van der Waals surface area contributed by atoms with Crippen molar-refractivity contribution in [3.63, 3.8) is 0 Å². The van der Waals surface area contributed by atoms with Gasteiger partial charge in [0, 0.05) is 18.3 Å². The van der Waals surface area contributed by atoms with Crippen molar-refractivity contribution in [1.82, 2.24) is 4.98 Å². The lowest BCUT2D eigenvalue weighted by Crippen LogP contribution is -2.15. The molecule has 2 N–H and O–H groups in total. The number of ether oxygens (including phenoxy) is 1. The number of aromatic nitrogens is 1. The molecule has 0 fully saturated rings. The summed E-state index contributed by atoms with van der Waals surface area (Å²) < 4.78 is 30.1. The molecule has 1 heterocycles. The summed E-state index contributed by atoms with van der Waals surface area (Å²) in [4.78, 5) is 15.1. The summed E-state index contributed by atoms with van der Waals surface area (Å²) in [7, 11) is 0. The first-order chi connectivity index (χ1) is 8.02. The number of hydrogen-bond donors (Lipinski definition) is 1. The third kappa shape index (κ3) is 2.89. The van der Waals surface area contributed by atoms with Crippen LogP contribution in [-0.2, 0) is 11.3 Å². The maximum Gasteiger partial charge on any atom is 0.341 e. The standard InChI is InChI=1S/C10H11ClF2N2O2/c1-2-17-10(16)7-5(3-14)6(9(12)13)4-15-8(7)11/h4,9H,2-3,14H2,1H3. The molecule has 0 amide bonds. The quantitative estimate of drug-likeness (QED) is 0.669. The molecule has 0 atom stereocenters. The molecular weight excluding hydrogens is 254 g/mol. The number of rotatable bonds is 4. The van der Waals surface area contributed by atoms with Gasteiger partial charge in [-0.25, -0.2) is 18.6 Å². The highest BCUT2D eigenvalue weighted by atomic mass is 35.5. The third-order valence-corrected chi connectivity index (χ3v) is 2.38. The predicted octanol–water partition coefficient (Wildman–Crippen LogP) is 2.31. The summed E-state index contributed by atoms with van der Waals surface area (Å²) in [5.41, 5.74) is 4.75. The van der Waals surface area contributed by atoms with Gasteiger partial charge in [0.05, 0.1) is 6.61 Å². The summed E-state index contributed by atoms with van der Waals surface area (Å²) in [6.45, 7) is 1.46. The number of esters is 1. The second-order valence-corrected chi connectivity index (χ2v) is 3.44. The molecule has 0 bridgehead atoms. The molecule has 0 saturated carbocycles. The van der Waals surface area contributed by atoms with Crippen LogP contribution in [0.4, 0.5) is 8.78 Å². The summed E-state index contributed by atoms with van der Waals surface area (Å²) in [5, 5.41) is -0.187. The first-order valence-corrected chi connectivity index (χ1v) is 5.23. The Kier molecular flexibility index (Phi) is 4.77. The zero-order chi connectivity index (χ0) is 13.0. The fourth-order valence-corrected chi connectivity index (χ4v) is 1.60. The van der Waals surface area contributed by atoms with Gasteiger partial charge in [0.1, 0.15) is 10.7 Å². The van der Waals surface area contributed by atoms with Crippen LogP contribution >= 0.6 is 11.6 Å². The van der Waals surface area contributed by atoms with Crippen molar-refractivity contribution in [3.05, 3.63) is 28.0 Å². The van der Waals surface area contributed by atoms with Crippen molar-refractivity contribution >= 4 is 17.6 Å². The minimum Gasteiger partial charge on any atom is -0.462 e. The summed E-state index contributed by atoms with van der Waals surface area (Å²) in [6.07, 6.45) is -1.86. The maximum absolute atomic E-state index is 12.7. The number of nitrogens with zero attached hydrogens (tertiary/aromatic N) is 1. The largest absolute Gasteiger partial charge is 0.462 e. The number of carbonyl (C=O) groups excluding carboxylic acids is 1. The molecule has 94 valence electrons. The molecule has 0 saturated heterocycles. The van der Waals surface area contributed by atoms with E-state index in [-0.39, 0.29) is 29.4 Å². The molecule has 1 rings (SSSR count). The molecule has 17 heavy (non-hydrogen) atoms. The molecule has 0 aliphatic rings. The Labute approximate surface area is 102 Å². The van der Waals surface area contributed by atoms with E-state index in [1.165, 1.54) is 0 Å². The monoisotopic (exact) mass is 264 g/mol. The molecule has 0 aliphatic heterocycles. The zero-order valence-electron chi connectivity index (χ0n) is 9.04. The number of halogens is 3. The molecule has 0 aromatic carbocycles. The van der Waals surface area contributed by atoms with E-state index in [9.17, 15) is 13.6 Å². The molecule has 0 spiro atoms. The fourth-order valence-electron chi connectivity index (χ4n) is 1.36. The van der Waals surface area contributed by atoms with Gasteiger partial charge < -0.3 is 10.5 Å². The highest BCUT2D eigenvalue weighted by Crippen LogP contribution is 2.28. The second-order valence-electron chi connectivity index (χ2n) is 3.08. The van der Waals surface area contributed by atoms with Crippen LogP contribution in [0.1, 0.15) is 34.8 Å². The molecule has 1 aromatic heterocycles. The van der Waals surface area contributed by atoms with Gasteiger partial charge in [-0.2, -0.15) is 0 Å². The van der Waals surface area contributed by atoms with Gasteiger partial charge in [-0.15, -0.1) is 0 Å². The minimum absolute atomic E-state index is 0.0292. The van der Waals surface area contributed by atoms with E-state index in [0.717, 1.165) is 6.20 Å². The normalized spacial score (nSPS) is 10.7. The number of nitrogens with two attached hydrogens (primary N) is 1. The second kappa shape index (κ2) is 5.88. The van der Waals surface area contributed by atoms with E-state index < -0.39 is 18.0 Å². The van der Waals surface area contributed by atoms with E-state index in [0.29, 0.717) is 0 Å². The Bertz CT molecular complexity index is 427. The van der Waals surface area contributed by atoms with Crippen molar-refractivity contribution in [2.75, 3.05) is 6.61 Å². The first kappa shape index (κ1) is 13.8. The number of carbonyl (C=O) groups is 1. The van der Waals surface area contributed by atoms with E-state index in [1.54, 1.807) is 6.92 Å². The number of hydrogen-bond acceptors (Lipinski definition) is 4. The van der Waals surface area contributed by atoms with Gasteiger partial charge in [0.15, 0.2) is 0 Å². The van der Waals surface area contributed by atoms with Crippen molar-refractivity contribution in [2.45, 2.75) is 19.9 Å². The SMILES string of the molecule is CCOC(=O)c1c(Cl)ncc(C(F)F)c1CN. The number of pyridine rings is 1. The molecule has 4 nitrogen and oxygen atoms in total. The van der Waals surface area contributed by atoms with E-state index in [4.69, 9.17) is 22.1 Å². The maximum atomic E-state index is 12.7. The molecule has 1 aromatic rings. The van der Waals surface area contributed by atoms with Crippen LogP contribution in [0.25, 0.3) is 0 Å². The third-order valence-electron chi connectivity index (χ3n) is 2.09. The lowest BCUT2D eigenvalue weighted by Gasteiger charge is -2.12. The highest BCUT2D eigenvalue weighted by molar-refractivity contribution is 6.32. The van der Waals surface area contributed by atoms with E-state index in [1.807, 2.05) is 0 Å². The van der Waals surface area contributed by atoms with Crippen molar-refractivity contribution in [1.29, 1.82) is 0 Å². The van der Waals surface area contributed by atoms with Crippen LogP contribution in [0.15, 0.2) is 6.20 Å². The Morgan fingerprint density at radius 2 is 2.29 bits per heavy atom. The Hall–Kier alpha value is -1.27. The molecule has 0 radical (unpaired) electrons. The molecule has 7 heteroatoms. The van der Waals surface area contributed by atoms with E-state index in [2.05, 4.69) is 4.98 Å². The van der Waals surface area contributed by atoms with Crippen LogP contribution in [0.5, 0.6) is 0 Å². The number of alkyl halides is 2. The summed E-state index contributed by atoms with van der Waals surface area (Å²) in [5.74, 6) is -0.798. The van der Waals surface area contributed by atoms with Crippen molar-refractivity contribution in [2.24, 2.45) is 5.73 Å². The minimum atomic E-state index is -2.77. The van der Waals surface area contributed by atoms with Gasteiger partial charge in [-0.05, 0) is 12.5 Å². The van der Waals surface area contributed by atoms with Gasteiger partial charge in [0.25, 0.3) is 6.43 Å². The summed E-state index contributed by atoms with van der Waals surface area (Å²) in [6, 6.07) is 0. The average Bonchev–Trinajstić information content (AvgIpc) is 2.28. The lowest BCUT2D eigenvalue weighted by atomic mass is 10.0. The van der Waals surface area contributed by atoms with Crippen molar-refractivity contribution in [3.8, 4) is 0 Å². The Morgan fingerprint density at radius 1 is 1.65 bits per heavy atom. The average molecular weight is 265 g/mol.